The predicted molar refractivity (Wildman–Crippen MR) is 94.4 cm³/mol. The number of nitrogens with zero attached hydrogens (tertiary/aromatic N) is 2. The van der Waals surface area contributed by atoms with Crippen molar-refractivity contribution in [3.8, 4) is 0 Å². The Morgan fingerprint density at radius 2 is 2.24 bits per heavy atom. The molecule has 6 nitrogen and oxygen atoms in total. The second-order valence-corrected chi connectivity index (χ2v) is 6.57. The molecule has 3 rings (SSSR count). The van der Waals surface area contributed by atoms with Crippen molar-refractivity contribution in [2.75, 3.05) is 19.0 Å². The first kappa shape index (κ1) is 17.5. The fourth-order valence-corrected chi connectivity index (χ4v) is 3.11. The minimum atomic E-state index is -0.0974. The fourth-order valence-electron chi connectivity index (χ4n) is 3.11. The summed E-state index contributed by atoms with van der Waals surface area (Å²) in [4.78, 5) is 15.8. The molecule has 0 spiro atoms. The van der Waals surface area contributed by atoms with Crippen molar-refractivity contribution in [3.05, 3.63) is 41.5 Å². The molecule has 134 valence electrons. The topological polar surface area (TPSA) is 77.2 Å². The van der Waals surface area contributed by atoms with Gasteiger partial charge in [0.2, 0.25) is 5.89 Å². The number of hydrogen-bond donors (Lipinski definition) is 1. The summed E-state index contributed by atoms with van der Waals surface area (Å²) in [5.74, 6) is 1.67. The maximum Gasteiger partial charge on any atom is 0.309 e. The molecule has 1 aliphatic carbocycles. The van der Waals surface area contributed by atoms with Gasteiger partial charge in [-0.1, -0.05) is 23.7 Å². The van der Waals surface area contributed by atoms with E-state index in [1.807, 2.05) is 13.0 Å². The van der Waals surface area contributed by atoms with Crippen LogP contribution in [0.3, 0.4) is 0 Å². The molecule has 25 heavy (non-hydrogen) atoms. The van der Waals surface area contributed by atoms with Crippen LogP contribution in [0.15, 0.2) is 28.8 Å². The third-order valence-electron chi connectivity index (χ3n) is 4.58. The Bertz CT molecular complexity index is 713. The summed E-state index contributed by atoms with van der Waals surface area (Å²) < 4.78 is 9.93. The lowest BCUT2D eigenvalue weighted by Crippen LogP contribution is -2.04. The number of esters is 1. The van der Waals surface area contributed by atoms with E-state index in [1.54, 1.807) is 0 Å². The maximum absolute atomic E-state index is 11.6. The molecular weight excluding hydrogens is 318 g/mol. The minimum Gasteiger partial charge on any atom is -0.469 e. The van der Waals surface area contributed by atoms with Gasteiger partial charge in [0.25, 0.3) is 0 Å². The highest BCUT2D eigenvalue weighted by Gasteiger charge is 2.44. The Kier molecular flexibility index (Phi) is 5.68. The second kappa shape index (κ2) is 8.14. The number of aryl methyl sites for hydroxylation is 2. The van der Waals surface area contributed by atoms with Gasteiger partial charge in [0.1, 0.15) is 0 Å². The zero-order valence-corrected chi connectivity index (χ0v) is 14.8. The normalized spacial score (nSPS) is 18.8. The Morgan fingerprint density at radius 1 is 1.36 bits per heavy atom. The molecule has 1 N–H and O–H groups in total. The van der Waals surface area contributed by atoms with E-state index in [2.05, 4.69) is 33.7 Å². The summed E-state index contributed by atoms with van der Waals surface area (Å²) in [6.07, 6.45) is 4.98. The zero-order chi connectivity index (χ0) is 17.6. The third kappa shape index (κ3) is 4.81. The highest BCUT2D eigenvalue weighted by Crippen LogP contribution is 2.48. The molecule has 1 aliphatic rings. The molecule has 1 saturated carbocycles. The van der Waals surface area contributed by atoms with Crippen LogP contribution in [0.4, 0.5) is 5.69 Å². The van der Waals surface area contributed by atoms with Gasteiger partial charge in [-0.15, -0.1) is 0 Å². The molecule has 0 aliphatic heterocycles. The van der Waals surface area contributed by atoms with Crippen molar-refractivity contribution < 1.29 is 14.1 Å². The van der Waals surface area contributed by atoms with Gasteiger partial charge in [-0.3, -0.25) is 4.79 Å². The number of benzene rings is 1. The summed E-state index contributed by atoms with van der Waals surface area (Å²) in [6.45, 7) is 2.76. The van der Waals surface area contributed by atoms with Crippen LogP contribution in [0.1, 0.15) is 48.9 Å². The van der Waals surface area contributed by atoms with E-state index >= 15 is 0 Å². The number of hydrogen-bond acceptors (Lipinski definition) is 6. The van der Waals surface area contributed by atoms with Crippen molar-refractivity contribution in [2.45, 2.75) is 44.9 Å². The molecule has 6 heteroatoms. The molecule has 1 aromatic carbocycles. The monoisotopic (exact) mass is 343 g/mol. The molecule has 1 fully saturated rings. The quantitative estimate of drug-likeness (QED) is 0.555. The minimum absolute atomic E-state index is 0.0357. The van der Waals surface area contributed by atoms with Gasteiger partial charge in [0, 0.05) is 18.7 Å². The van der Waals surface area contributed by atoms with Crippen molar-refractivity contribution in [2.24, 2.45) is 5.92 Å². The predicted octanol–water partition coefficient (Wildman–Crippen LogP) is 3.48. The van der Waals surface area contributed by atoms with Crippen LogP contribution in [0.2, 0.25) is 0 Å². The van der Waals surface area contributed by atoms with Gasteiger partial charge in [0.05, 0.1) is 13.0 Å². The van der Waals surface area contributed by atoms with E-state index in [-0.39, 0.29) is 11.9 Å². The molecular formula is C19H25N3O3. The van der Waals surface area contributed by atoms with Crippen molar-refractivity contribution >= 4 is 11.7 Å². The number of methoxy groups -OCH3 is 1. The van der Waals surface area contributed by atoms with E-state index < -0.39 is 0 Å². The van der Waals surface area contributed by atoms with Crippen LogP contribution in [0.5, 0.6) is 0 Å². The Morgan fingerprint density at radius 3 is 3.00 bits per heavy atom. The van der Waals surface area contributed by atoms with Gasteiger partial charge in [-0.05, 0) is 49.8 Å². The van der Waals surface area contributed by atoms with E-state index in [0.717, 1.165) is 50.2 Å². The maximum atomic E-state index is 11.6. The lowest BCUT2D eigenvalue weighted by Gasteiger charge is -2.08. The molecule has 1 heterocycles. The first-order chi connectivity index (χ1) is 12.2. The lowest BCUT2D eigenvalue weighted by molar-refractivity contribution is -0.142. The van der Waals surface area contributed by atoms with E-state index in [1.165, 1.54) is 12.7 Å². The van der Waals surface area contributed by atoms with Crippen LogP contribution >= 0.6 is 0 Å². The van der Waals surface area contributed by atoms with Crippen molar-refractivity contribution in [1.82, 2.24) is 10.1 Å². The second-order valence-electron chi connectivity index (χ2n) is 6.57. The molecule has 2 unspecified atom stereocenters. The average molecular weight is 343 g/mol. The largest absolute Gasteiger partial charge is 0.469 e. The number of unbranched alkanes of at least 4 members (excludes halogenated alkanes) is 2. The van der Waals surface area contributed by atoms with Crippen LogP contribution < -0.4 is 5.32 Å². The zero-order valence-electron chi connectivity index (χ0n) is 14.8. The Balaban J connectivity index is 1.36. The van der Waals surface area contributed by atoms with E-state index in [9.17, 15) is 4.79 Å². The Hall–Kier alpha value is -2.37. The first-order valence-electron chi connectivity index (χ1n) is 8.88. The smallest absolute Gasteiger partial charge is 0.309 e. The Labute approximate surface area is 148 Å². The van der Waals surface area contributed by atoms with Crippen LogP contribution in [-0.2, 0) is 16.0 Å². The summed E-state index contributed by atoms with van der Waals surface area (Å²) in [5, 5.41) is 7.25. The van der Waals surface area contributed by atoms with Gasteiger partial charge >= 0.3 is 5.97 Å². The number of nitrogens with one attached hydrogen (secondary N) is 1. The van der Waals surface area contributed by atoms with Crippen molar-refractivity contribution in [3.63, 3.8) is 0 Å². The third-order valence-corrected chi connectivity index (χ3v) is 4.58. The summed E-state index contributed by atoms with van der Waals surface area (Å²) in [7, 11) is 1.45. The number of carbonyl (C=O) groups excluding carboxylic acids is 1. The number of aromatic nitrogens is 2. The number of anilines is 1. The van der Waals surface area contributed by atoms with Gasteiger partial charge in [-0.25, -0.2) is 0 Å². The molecule has 0 bridgehead atoms. The molecule has 0 saturated heterocycles. The van der Waals surface area contributed by atoms with E-state index in [0.29, 0.717) is 11.7 Å². The first-order valence-corrected chi connectivity index (χ1v) is 8.88. The average Bonchev–Trinajstić information content (AvgIpc) is 3.33. The van der Waals surface area contributed by atoms with Gasteiger partial charge < -0.3 is 14.6 Å². The highest BCUT2D eigenvalue weighted by molar-refractivity contribution is 5.77. The standard InChI is InChI=1S/C19H25N3O3/c1-13-21-18(25-22-13)9-4-3-5-10-20-15-8-6-7-14(11-15)16-12-17(16)19(23)24-2/h6-8,11,16-17,20H,3-5,9-10,12H2,1-2H3. The molecule has 0 radical (unpaired) electrons. The fraction of sp³-hybridized carbons (Fsp3) is 0.526. The summed E-state index contributed by atoms with van der Waals surface area (Å²) >= 11 is 0. The van der Waals surface area contributed by atoms with Crippen molar-refractivity contribution in [1.29, 1.82) is 0 Å². The summed E-state index contributed by atoms with van der Waals surface area (Å²) in [6, 6.07) is 8.35. The van der Waals surface area contributed by atoms with Gasteiger partial charge in [-0.2, -0.15) is 4.98 Å². The summed E-state index contributed by atoms with van der Waals surface area (Å²) in [5.41, 5.74) is 2.33. The number of ether oxygens (including phenoxy) is 1. The van der Waals surface area contributed by atoms with E-state index in [4.69, 9.17) is 9.26 Å². The van der Waals surface area contributed by atoms with Crippen LogP contribution in [-0.4, -0.2) is 29.8 Å². The number of rotatable bonds is 9. The molecule has 0 amide bonds. The van der Waals surface area contributed by atoms with Gasteiger partial charge in [0.15, 0.2) is 5.82 Å². The van der Waals surface area contributed by atoms with Crippen LogP contribution in [0.25, 0.3) is 0 Å². The highest BCUT2D eigenvalue weighted by atomic mass is 16.5. The number of carbonyl (C=O) groups is 1. The molecule has 2 aromatic rings. The molecule has 2 atom stereocenters. The lowest BCUT2D eigenvalue weighted by atomic mass is 10.1. The van der Waals surface area contributed by atoms with Crippen LogP contribution in [0, 0.1) is 12.8 Å². The SMILES string of the molecule is COC(=O)C1CC1c1cccc(NCCCCCc2nc(C)no2)c1. The molecule has 1 aromatic heterocycles.